The standard InChI is InChI=1S/C17H25NO3S/c1-17(2,3)11-15(19)18-6-7-22-16(18)12-8-13(20-4)10-14(9-12)21-5/h8-10,16H,6-7,11H2,1-5H3/t16-/m0/s1. The lowest BCUT2D eigenvalue weighted by Gasteiger charge is -2.28. The summed E-state index contributed by atoms with van der Waals surface area (Å²) >= 11 is 1.79. The molecule has 1 aromatic carbocycles. The van der Waals surface area contributed by atoms with E-state index in [1.165, 1.54) is 0 Å². The summed E-state index contributed by atoms with van der Waals surface area (Å²) in [5.74, 6) is 2.68. The van der Waals surface area contributed by atoms with E-state index in [9.17, 15) is 4.79 Å². The first-order valence-electron chi connectivity index (χ1n) is 7.48. The van der Waals surface area contributed by atoms with Crippen molar-refractivity contribution in [2.45, 2.75) is 32.6 Å². The van der Waals surface area contributed by atoms with E-state index in [4.69, 9.17) is 9.47 Å². The third-order valence-corrected chi connectivity index (χ3v) is 4.81. The first-order chi connectivity index (χ1) is 10.3. The zero-order chi connectivity index (χ0) is 16.3. The molecule has 5 heteroatoms. The van der Waals surface area contributed by atoms with Gasteiger partial charge in [-0.25, -0.2) is 0 Å². The van der Waals surface area contributed by atoms with E-state index in [-0.39, 0.29) is 16.7 Å². The lowest BCUT2D eigenvalue weighted by molar-refractivity contribution is -0.133. The van der Waals surface area contributed by atoms with Gasteiger partial charge in [0.15, 0.2) is 0 Å². The van der Waals surface area contributed by atoms with Crippen LogP contribution in [0.4, 0.5) is 0 Å². The monoisotopic (exact) mass is 323 g/mol. The van der Waals surface area contributed by atoms with Crippen molar-refractivity contribution in [2.24, 2.45) is 5.41 Å². The molecule has 2 rings (SSSR count). The molecule has 1 atom stereocenters. The second kappa shape index (κ2) is 6.82. The first-order valence-corrected chi connectivity index (χ1v) is 8.53. The molecule has 1 heterocycles. The number of methoxy groups -OCH3 is 2. The van der Waals surface area contributed by atoms with Crippen LogP contribution in [0, 0.1) is 5.41 Å². The zero-order valence-electron chi connectivity index (χ0n) is 14.0. The van der Waals surface area contributed by atoms with Crippen LogP contribution in [0.2, 0.25) is 0 Å². The third-order valence-electron chi connectivity index (χ3n) is 3.55. The number of thioether (sulfide) groups is 1. The van der Waals surface area contributed by atoms with Crippen molar-refractivity contribution < 1.29 is 14.3 Å². The van der Waals surface area contributed by atoms with Crippen LogP contribution in [0.25, 0.3) is 0 Å². The molecule has 1 aromatic rings. The van der Waals surface area contributed by atoms with Gasteiger partial charge in [-0.2, -0.15) is 0 Å². The molecule has 0 unspecified atom stereocenters. The van der Waals surface area contributed by atoms with Crippen molar-refractivity contribution in [1.82, 2.24) is 4.90 Å². The second-order valence-corrected chi connectivity index (χ2v) is 7.88. The third kappa shape index (κ3) is 4.09. The van der Waals surface area contributed by atoms with E-state index in [2.05, 4.69) is 20.8 Å². The minimum Gasteiger partial charge on any atom is -0.497 e. The molecular weight excluding hydrogens is 298 g/mol. The summed E-state index contributed by atoms with van der Waals surface area (Å²) in [6.45, 7) is 7.08. The van der Waals surface area contributed by atoms with Gasteiger partial charge in [0.1, 0.15) is 16.9 Å². The molecule has 122 valence electrons. The van der Waals surface area contributed by atoms with Gasteiger partial charge in [0.2, 0.25) is 5.91 Å². The van der Waals surface area contributed by atoms with E-state index < -0.39 is 0 Å². The van der Waals surface area contributed by atoms with E-state index in [0.29, 0.717) is 6.42 Å². The summed E-state index contributed by atoms with van der Waals surface area (Å²) in [5, 5.41) is 0.0406. The van der Waals surface area contributed by atoms with Gasteiger partial charge in [-0.05, 0) is 23.1 Å². The molecule has 0 saturated carbocycles. The molecule has 22 heavy (non-hydrogen) atoms. The number of rotatable bonds is 4. The summed E-state index contributed by atoms with van der Waals surface area (Å²) in [6, 6.07) is 5.83. The fourth-order valence-electron chi connectivity index (χ4n) is 2.53. The van der Waals surface area contributed by atoms with Crippen molar-refractivity contribution in [2.75, 3.05) is 26.5 Å². The first kappa shape index (κ1) is 17.0. The molecule has 1 saturated heterocycles. The maximum absolute atomic E-state index is 12.6. The van der Waals surface area contributed by atoms with Gasteiger partial charge < -0.3 is 14.4 Å². The van der Waals surface area contributed by atoms with Gasteiger partial charge in [-0.3, -0.25) is 4.79 Å². The fraction of sp³-hybridized carbons (Fsp3) is 0.588. The number of hydrogen-bond acceptors (Lipinski definition) is 4. The molecule has 0 aliphatic carbocycles. The maximum Gasteiger partial charge on any atom is 0.224 e. The minimum absolute atomic E-state index is 0.000950. The summed E-state index contributed by atoms with van der Waals surface area (Å²) in [7, 11) is 3.28. The highest BCUT2D eigenvalue weighted by molar-refractivity contribution is 7.99. The fourth-order valence-corrected chi connectivity index (χ4v) is 3.79. The molecular formula is C17H25NO3S. The van der Waals surface area contributed by atoms with E-state index in [0.717, 1.165) is 29.4 Å². The van der Waals surface area contributed by atoms with Crippen molar-refractivity contribution in [3.8, 4) is 11.5 Å². The number of ether oxygens (including phenoxy) is 2. The molecule has 0 spiro atoms. The highest BCUT2D eigenvalue weighted by atomic mass is 32.2. The van der Waals surface area contributed by atoms with Crippen LogP contribution in [-0.2, 0) is 4.79 Å². The molecule has 0 aromatic heterocycles. The Kier molecular flexibility index (Phi) is 5.27. The lowest BCUT2D eigenvalue weighted by atomic mass is 9.91. The summed E-state index contributed by atoms with van der Waals surface area (Å²) in [5.41, 5.74) is 1.06. The van der Waals surface area contributed by atoms with Gasteiger partial charge in [0.25, 0.3) is 0 Å². The van der Waals surface area contributed by atoms with Gasteiger partial charge >= 0.3 is 0 Å². The van der Waals surface area contributed by atoms with Crippen LogP contribution in [0.3, 0.4) is 0 Å². The average molecular weight is 323 g/mol. The van der Waals surface area contributed by atoms with Crippen molar-refractivity contribution in [3.05, 3.63) is 23.8 Å². The number of amides is 1. The van der Waals surface area contributed by atoms with Crippen LogP contribution in [-0.4, -0.2) is 37.3 Å². The van der Waals surface area contributed by atoms with Crippen LogP contribution in [0.1, 0.15) is 38.1 Å². The maximum atomic E-state index is 12.6. The number of carbonyl (C=O) groups excluding carboxylic acids is 1. The molecule has 1 fully saturated rings. The molecule has 0 N–H and O–H groups in total. The van der Waals surface area contributed by atoms with Crippen LogP contribution < -0.4 is 9.47 Å². The SMILES string of the molecule is COc1cc(OC)cc([C@@H]2SCCN2C(=O)CC(C)(C)C)c1. The van der Waals surface area contributed by atoms with Crippen LogP contribution >= 0.6 is 11.8 Å². The highest BCUT2D eigenvalue weighted by Crippen LogP contribution is 2.41. The largest absolute Gasteiger partial charge is 0.497 e. The molecule has 1 aliphatic rings. The van der Waals surface area contributed by atoms with E-state index >= 15 is 0 Å². The average Bonchev–Trinajstić information content (AvgIpc) is 2.94. The zero-order valence-corrected chi connectivity index (χ0v) is 14.8. The van der Waals surface area contributed by atoms with Gasteiger partial charge in [0, 0.05) is 24.8 Å². The molecule has 1 amide bonds. The Morgan fingerprint density at radius 1 is 1.23 bits per heavy atom. The molecule has 1 aliphatic heterocycles. The lowest BCUT2D eigenvalue weighted by Crippen LogP contribution is -2.33. The Labute approximate surface area is 137 Å². The van der Waals surface area contributed by atoms with Gasteiger partial charge in [-0.15, -0.1) is 11.8 Å². The van der Waals surface area contributed by atoms with Crippen molar-refractivity contribution >= 4 is 17.7 Å². The normalized spacial score (nSPS) is 18.4. The quantitative estimate of drug-likeness (QED) is 0.846. The van der Waals surface area contributed by atoms with Crippen molar-refractivity contribution in [3.63, 3.8) is 0 Å². The predicted octanol–water partition coefficient (Wildman–Crippen LogP) is 3.71. The molecule has 0 radical (unpaired) electrons. The Hall–Kier alpha value is -1.36. The molecule has 0 bridgehead atoms. The summed E-state index contributed by atoms with van der Waals surface area (Å²) in [4.78, 5) is 14.6. The minimum atomic E-state index is 0.000950. The number of nitrogens with zero attached hydrogens (tertiary/aromatic N) is 1. The Morgan fingerprint density at radius 3 is 2.32 bits per heavy atom. The van der Waals surface area contributed by atoms with Crippen LogP contribution in [0.5, 0.6) is 11.5 Å². The highest BCUT2D eigenvalue weighted by Gasteiger charge is 2.32. The Morgan fingerprint density at radius 2 is 1.82 bits per heavy atom. The van der Waals surface area contributed by atoms with E-state index in [1.54, 1.807) is 26.0 Å². The second-order valence-electron chi connectivity index (χ2n) is 6.69. The van der Waals surface area contributed by atoms with Gasteiger partial charge in [-0.1, -0.05) is 20.8 Å². The Bertz CT molecular complexity index is 517. The topological polar surface area (TPSA) is 38.8 Å². The Balaban J connectivity index is 2.25. The smallest absolute Gasteiger partial charge is 0.224 e. The van der Waals surface area contributed by atoms with Crippen LogP contribution in [0.15, 0.2) is 18.2 Å². The number of hydrogen-bond donors (Lipinski definition) is 0. The number of carbonyl (C=O) groups is 1. The predicted molar refractivity (Wildman–Crippen MR) is 90.5 cm³/mol. The summed E-state index contributed by atoms with van der Waals surface area (Å²) < 4.78 is 10.7. The van der Waals surface area contributed by atoms with Gasteiger partial charge in [0.05, 0.1) is 14.2 Å². The van der Waals surface area contributed by atoms with Crippen molar-refractivity contribution in [1.29, 1.82) is 0 Å². The molecule has 4 nitrogen and oxygen atoms in total. The summed E-state index contributed by atoms with van der Waals surface area (Å²) in [6.07, 6.45) is 0.561. The number of benzene rings is 1. The van der Waals surface area contributed by atoms with E-state index in [1.807, 2.05) is 23.1 Å².